The molecule has 0 radical (unpaired) electrons. The van der Waals surface area contributed by atoms with Crippen molar-refractivity contribution in [1.82, 2.24) is 5.32 Å². The first kappa shape index (κ1) is 12.4. The lowest BCUT2D eigenvalue weighted by Gasteiger charge is -2.16. The van der Waals surface area contributed by atoms with Crippen LogP contribution in [0, 0.1) is 5.41 Å². The molecule has 4 heteroatoms. The molecule has 2 atom stereocenters. The molecule has 1 aromatic rings. The molecule has 0 aromatic heterocycles. The van der Waals surface area contributed by atoms with Crippen LogP contribution in [-0.4, -0.2) is 23.9 Å². The van der Waals surface area contributed by atoms with Crippen molar-refractivity contribution in [3.63, 3.8) is 0 Å². The highest BCUT2D eigenvalue weighted by molar-refractivity contribution is 6.22. The number of hydrogen-bond acceptors (Lipinski definition) is 3. The Hall–Kier alpha value is -1.68. The molecular weight excluding hydrogens is 240 g/mol. The van der Waals surface area contributed by atoms with Crippen LogP contribution in [0.25, 0.3) is 0 Å². The molecule has 100 valence electrons. The molecule has 1 aliphatic carbocycles. The number of hydrogen-bond donors (Lipinski definition) is 1. The number of carbonyl (C=O) groups excluding carboxylic acids is 2. The van der Waals surface area contributed by atoms with Crippen molar-refractivity contribution in [2.24, 2.45) is 5.41 Å². The van der Waals surface area contributed by atoms with E-state index >= 15 is 0 Å². The van der Waals surface area contributed by atoms with Crippen LogP contribution in [0.3, 0.4) is 0 Å². The summed E-state index contributed by atoms with van der Waals surface area (Å²) in [4.78, 5) is 25.7. The van der Waals surface area contributed by atoms with Crippen LogP contribution in [0.5, 0.6) is 0 Å². The summed E-state index contributed by atoms with van der Waals surface area (Å²) in [6.45, 7) is 4.34. The Kier molecular flexibility index (Phi) is 2.71. The summed E-state index contributed by atoms with van der Waals surface area (Å²) in [7, 11) is 0. The lowest BCUT2D eigenvalue weighted by molar-refractivity contribution is -0.121. The van der Waals surface area contributed by atoms with Crippen molar-refractivity contribution in [1.29, 1.82) is 0 Å². The third-order valence-corrected chi connectivity index (χ3v) is 4.08. The van der Waals surface area contributed by atoms with Crippen LogP contribution in [0.1, 0.15) is 26.7 Å². The Morgan fingerprint density at radius 3 is 2.42 bits per heavy atom. The average molecular weight is 258 g/mol. The highest BCUT2D eigenvalue weighted by Crippen LogP contribution is 2.45. The van der Waals surface area contributed by atoms with E-state index in [2.05, 4.69) is 19.2 Å². The maximum Gasteiger partial charge on any atom is 0.251 e. The summed E-state index contributed by atoms with van der Waals surface area (Å²) < 4.78 is 0. The Labute approximate surface area is 112 Å². The van der Waals surface area contributed by atoms with Gasteiger partial charge in [-0.25, -0.2) is 4.90 Å². The maximum absolute atomic E-state index is 12.3. The number of benzene rings is 1. The predicted octanol–water partition coefficient (Wildman–Crippen LogP) is 1.71. The molecule has 0 bridgehead atoms. The second kappa shape index (κ2) is 4.17. The number of amides is 2. The zero-order valence-electron chi connectivity index (χ0n) is 11.2. The molecule has 2 fully saturated rings. The SMILES string of the molecule is CC1(C)CC1NC1CC(=O)N(c2ccccc2)C1=O. The van der Waals surface area contributed by atoms with Crippen LogP contribution in [-0.2, 0) is 9.59 Å². The lowest BCUT2D eigenvalue weighted by Crippen LogP contribution is -2.40. The quantitative estimate of drug-likeness (QED) is 0.840. The van der Waals surface area contributed by atoms with Crippen LogP contribution < -0.4 is 10.2 Å². The molecule has 1 aromatic carbocycles. The van der Waals surface area contributed by atoms with Gasteiger partial charge in [0.05, 0.1) is 18.2 Å². The van der Waals surface area contributed by atoms with E-state index < -0.39 is 0 Å². The molecule has 2 aliphatic rings. The van der Waals surface area contributed by atoms with Gasteiger partial charge in [-0.05, 0) is 24.0 Å². The molecule has 1 saturated heterocycles. The van der Waals surface area contributed by atoms with E-state index in [-0.39, 0.29) is 29.7 Å². The summed E-state index contributed by atoms with van der Waals surface area (Å²) >= 11 is 0. The largest absolute Gasteiger partial charge is 0.302 e. The smallest absolute Gasteiger partial charge is 0.251 e. The first-order chi connectivity index (χ1) is 8.99. The fourth-order valence-electron chi connectivity index (χ4n) is 2.61. The van der Waals surface area contributed by atoms with Gasteiger partial charge in [0.1, 0.15) is 0 Å². The van der Waals surface area contributed by atoms with Gasteiger partial charge in [0.2, 0.25) is 5.91 Å². The van der Waals surface area contributed by atoms with Crippen molar-refractivity contribution in [3.05, 3.63) is 30.3 Å². The normalized spacial score (nSPS) is 28.8. The number of imide groups is 1. The van der Waals surface area contributed by atoms with Crippen molar-refractivity contribution >= 4 is 17.5 Å². The number of carbonyl (C=O) groups is 2. The summed E-state index contributed by atoms with van der Waals surface area (Å²) in [5.41, 5.74) is 0.917. The van der Waals surface area contributed by atoms with Crippen molar-refractivity contribution in [2.75, 3.05) is 4.90 Å². The van der Waals surface area contributed by atoms with Gasteiger partial charge in [0, 0.05) is 6.04 Å². The van der Waals surface area contributed by atoms with Gasteiger partial charge in [-0.15, -0.1) is 0 Å². The van der Waals surface area contributed by atoms with E-state index in [0.717, 1.165) is 6.42 Å². The van der Waals surface area contributed by atoms with E-state index in [0.29, 0.717) is 11.7 Å². The topological polar surface area (TPSA) is 49.4 Å². The fourth-order valence-corrected chi connectivity index (χ4v) is 2.61. The van der Waals surface area contributed by atoms with Gasteiger partial charge in [0.15, 0.2) is 0 Å². The summed E-state index contributed by atoms with van der Waals surface area (Å²) in [6, 6.07) is 9.11. The molecular formula is C15H18N2O2. The molecule has 2 amide bonds. The van der Waals surface area contributed by atoms with Gasteiger partial charge < -0.3 is 5.32 Å². The third kappa shape index (κ3) is 2.16. The number of para-hydroxylation sites is 1. The number of nitrogens with zero attached hydrogens (tertiary/aromatic N) is 1. The highest BCUT2D eigenvalue weighted by atomic mass is 16.2. The minimum atomic E-state index is -0.362. The minimum Gasteiger partial charge on any atom is -0.302 e. The summed E-state index contributed by atoms with van der Waals surface area (Å²) in [5, 5.41) is 3.31. The van der Waals surface area contributed by atoms with Crippen molar-refractivity contribution in [3.8, 4) is 0 Å². The first-order valence-electron chi connectivity index (χ1n) is 6.67. The Morgan fingerprint density at radius 1 is 1.21 bits per heavy atom. The standard InChI is InChI=1S/C15H18N2O2/c1-15(2)9-12(15)16-11-8-13(18)17(14(11)19)10-6-4-3-5-7-10/h3-7,11-12,16H,8-9H2,1-2H3. The number of nitrogens with one attached hydrogen (secondary N) is 1. The van der Waals surface area contributed by atoms with Crippen LogP contribution in [0.15, 0.2) is 30.3 Å². The maximum atomic E-state index is 12.3. The zero-order valence-corrected chi connectivity index (χ0v) is 11.2. The number of rotatable bonds is 3. The molecule has 2 unspecified atom stereocenters. The fraction of sp³-hybridized carbons (Fsp3) is 0.467. The Balaban J connectivity index is 1.75. The Bertz CT molecular complexity index is 524. The highest BCUT2D eigenvalue weighted by Gasteiger charge is 2.49. The summed E-state index contributed by atoms with van der Waals surface area (Å²) in [6.07, 6.45) is 1.33. The predicted molar refractivity (Wildman–Crippen MR) is 72.7 cm³/mol. The van der Waals surface area contributed by atoms with Gasteiger partial charge >= 0.3 is 0 Å². The molecule has 1 aliphatic heterocycles. The van der Waals surface area contributed by atoms with E-state index in [1.165, 1.54) is 4.90 Å². The minimum absolute atomic E-state index is 0.118. The van der Waals surface area contributed by atoms with E-state index in [4.69, 9.17) is 0 Å². The van der Waals surface area contributed by atoms with Gasteiger partial charge in [-0.2, -0.15) is 0 Å². The van der Waals surface area contributed by atoms with E-state index in [9.17, 15) is 9.59 Å². The van der Waals surface area contributed by atoms with E-state index in [1.807, 2.05) is 18.2 Å². The monoisotopic (exact) mass is 258 g/mol. The molecule has 1 heterocycles. The summed E-state index contributed by atoms with van der Waals surface area (Å²) in [5.74, 6) is -0.244. The molecule has 1 saturated carbocycles. The molecule has 1 N–H and O–H groups in total. The van der Waals surface area contributed by atoms with Crippen LogP contribution >= 0.6 is 0 Å². The van der Waals surface area contributed by atoms with Gasteiger partial charge in [-0.3, -0.25) is 9.59 Å². The molecule has 19 heavy (non-hydrogen) atoms. The average Bonchev–Trinajstić information content (AvgIpc) is 2.86. The third-order valence-electron chi connectivity index (χ3n) is 4.08. The Morgan fingerprint density at radius 2 is 1.84 bits per heavy atom. The lowest BCUT2D eigenvalue weighted by atomic mass is 10.1. The second-order valence-electron chi connectivity index (χ2n) is 6.07. The van der Waals surface area contributed by atoms with Gasteiger partial charge in [0.25, 0.3) is 5.91 Å². The van der Waals surface area contributed by atoms with Gasteiger partial charge in [-0.1, -0.05) is 32.0 Å². The first-order valence-corrected chi connectivity index (χ1v) is 6.67. The van der Waals surface area contributed by atoms with Crippen LogP contribution in [0.4, 0.5) is 5.69 Å². The molecule has 4 nitrogen and oxygen atoms in total. The van der Waals surface area contributed by atoms with Crippen LogP contribution in [0.2, 0.25) is 0 Å². The van der Waals surface area contributed by atoms with Crippen molar-refractivity contribution in [2.45, 2.75) is 38.8 Å². The van der Waals surface area contributed by atoms with Crippen molar-refractivity contribution < 1.29 is 9.59 Å². The number of anilines is 1. The molecule has 0 spiro atoms. The second-order valence-corrected chi connectivity index (χ2v) is 6.07. The molecule has 3 rings (SSSR count). The zero-order chi connectivity index (χ0) is 13.6. The van der Waals surface area contributed by atoms with E-state index in [1.54, 1.807) is 12.1 Å².